The molecule has 104 valence electrons. The summed E-state index contributed by atoms with van der Waals surface area (Å²) in [7, 11) is 1.76. The third-order valence-corrected chi connectivity index (χ3v) is 3.25. The Hall–Kier alpha value is -2.20. The molecule has 0 aliphatic heterocycles. The van der Waals surface area contributed by atoms with Gasteiger partial charge in [0.2, 0.25) is 5.91 Å². The van der Waals surface area contributed by atoms with Crippen LogP contribution in [0.1, 0.15) is 22.7 Å². The Morgan fingerprint density at radius 3 is 2.40 bits per heavy atom. The molecule has 0 saturated heterocycles. The number of hydrogen-bond donors (Lipinski definition) is 1. The van der Waals surface area contributed by atoms with E-state index >= 15 is 0 Å². The van der Waals surface area contributed by atoms with Crippen LogP contribution in [0.2, 0.25) is 0 Å². The van der Waals surface area contributed by atoms with Crippen LogP contribution < -0.4 is 5.73 Å². The van der Waals surface area contributed by atoms with Crippen LogP contribution >= 0.6 is 0 Å². The minimum Gasteiger partial charge on any atom is -0.340 e. The van der Waals surface area contributed by atoms with Gasteiger partial charge in [0, 0.05) is 26.0 Å². The van der Waals surface area contributed by atoms with Crippen LogP contribution in [0, 0.1) is 6.92 Å². The Morgan fingerprint density at radius 2 is 1.80 bits per heavy atom. The first-order valence-electron chi connectivity index (χ1n) is 6.54. The number of carbonyl (C=O) groups excluding carboxylic acids is 1. The first-order chi connectivity index (χ1) is 9.58. The molecule has 4 nitrogen and oxygen atoms in total. The van der Waals surface area contributed by atoms with Crippen LogP contribution in [0.4, 0.5) is 0 Å². The van der Waals surface area contributed by atoms with Gasteiger partial charge in [0.25, 0.3) is 0 Å². The molecule has 1 unspecified atom stereocenters. The van der Waals surface area contributed by atoms with Crippen molar-refractivity contribution in [2.24, 2.45) is 5.73 Å². The van der Waals surface area contributed by atoms with E-state index in [0.29, 0.717) is 6.54 Å². The molecular formula is C16H19N3O. The van der Waals surface area contributed by atoms with Crippen molar-refractivity contribution in [3.05, 3.63) is 65.5 Å². The Bertz CT molecular complexity index is 566. The standard InChI is InChI=1S/C16H19N3O/c1-12-3-5-14(6-4-12)15(17)16(20)19(2)11-13-7-9-18-10-8-13/h3-10,15H,11,17H2,1-2H3. The molecule has 2 N–H and O–H groups in total. The molecule has 0 fully saturated rings. The van der Waals surface area contributed by atoms with E-state index in [-0.39, 0.29) is 5.91 Å². The molecule has 0 aliphatic carbocycles. The topological polar surface area (TPSA) is 59.2 Å². The first-order valence-corrected chi connectivity index (χ1v) is 6.54. The van der Waals surface area contributed by atoms with E-state index < -0.39 is 6.04 Å². The second-order valence-electron chi connectivity index (χ2n) is 4.94. The lowest BCUT2D eigenvalue weighted by atomic mass is 10.0. The van der Waals surface area contributed by atoms with Gasteiger partial charge in [-0.2, -0.15) is 0 Å². The Balaban J connectivity index is 2.04. The molecule has 2 aromatic rings. The number of rotatable bonds is 4. The number of benzene rings is 1. The van der Waals surface area contributed by atoms with Gasteiger partial charge in [-0.3, -0.25) is 9.78 Å². The molecular weight excluding hydrogens is 250 g/mol. The number of nitrogens with two attached hydrogens (primary N) is 1. The van der Waals surface area contributed by atoms with Crippen LogP contribution in [0.5, 0.6) is 0 Å². The third kappa shape index (κ3) is 3.42. The smallest absolute Gasteiger partial charge is 0.244 e. The summed E-state index contributed by atoms with van der Waals surface area (Å²) in [5, 5.41) is 0. The fraction of sp³-hybridized carbons (Fsp3) is 0.250. The van der Waals surface area contributed by atoms with Crippen molar-refractivity contribution < 1.29 is 4.79 Å². The van der Waals surface area contributed by atoms with Gasteiger partial charge in [0.15, 0.2) is 0 Å². The lowest BCUT2D eigenvalue weighted by molar-refractivity contribution is -0.131. The van der Waals surface area contributed by atoms with Crippen LogP contribution in [0.3, 0.4) is 0 Å². The molecule has 1 heterocycles. The van der Waals surface area contributed by atoms with Crippen molar-refractivity contribution in [1.82, 2.24) is 9.88 Å². The van der Waals surface area contributed by atoms with Crippen molar-refractivity contribution in [3.63, 3.8) is 0 Å². The summed E-state index contributed by atoms with van der Waals surface area (Å²) in [6.07, 6.45) is 3.43. The first kappa shape index (κ1) is 14.2. The van der Waals surface area contributed by atoms with Crippen molar-refractivity contribution in [2.45, 2.75) is 19.5 Å². The van der Waals surface area contributed by atoms with E-state index in [1.807, 2.05) is 43.3 Å². The number of likely N-dealkylation sites (N-methyl/N-ethyl adjacent to an activating group) is 1. The minimum atomic E-state index is -0.623. The molecule has 1 atom stereocenters. The van der Waals surface area contributed by atoms with Gasteiger partial charge in [-0.05, 0) is 30.2 Å². The quantitative estimate of drug-likeness (QED) is 0.924. The van der Waals surface area contributed by atoms with Gasteiger partial charge in [0.05, 0.1) is 0 Å². The summed E-state index contributed by atoms with van der Waals surface area (Å²) in [6, 6.07) is 10.9. The molecule has 2 rings (SSSR count). The molecule has 1 aromatic heterocycles. The fourth-order valence-corrected chi connectivity index (χ4v) is 1.99. The fourth-order valence-electron chi connectivity index (χ4n) is 1.99. The molecule has 1 aromatic carbocycles. The monoisotopic (exact) mass is 269 g/mol. The molecule has 0 radical (unpaired) electrons. The molecule has 0 aliphatic rings. The largest absolute Gasteiger partial charge is 0.340 e. The predicted molar refractivity (Wildman–Crippen MR) is 78.8 cm³/mol. The van der Waals surface area contributed by atoms with E-state index in [1.54, 1.807) is 24.3 Å². The van der Waals surface area contributed by atoms with E-state index in [0.717, 1.165) is 16.7 Å². The molecule has 4 heteroatoms. The van der Waals surface area contributed by atoms with Gasteiger partial charge >= 0.3 is 0 Å². The highest BCUT2D eigenvalue weighted by molar-refractivity contribution is 5.82. The maximum atomic E-state index is 12.3. The van der Waals surface area contributed by atoms with Crippen LogP contribution in [0.25, 0.3) is 0 Å². The van der Waals surface area contributed by atoms with Gasteiger partial charge in [-0.15, -0.1) is 0 Å². The van der Waals surface area contributed by atoms with Gasteiger partial charge in [-0.25, -0.2) is 0 Å². The second kappa shape index (κ2) is 6.30. The average molecular weight is 269 g/mol. The summed E-state index contributed by atoms with van der Waals surface area (Å²) < 4.78 is 0. The van der Waals surface area contributed by atoms with E-state index in [2.05, 4.69) is 4.98 Å². The summed E-state index contributed by atoms with van der Waals surface area (Å²) >= 11 is 0. The van der Waals surface area contributed by atoms with Crippen molar-refractivity contribution in [3.8, 4) is 0 Å². The third-order valence-electron chi connectivity index (χ3n) is 3.25. The van der Waals surface area contributed by atoms with E-state index in [9.17, 15) is 4.79 Å². The molecule has 0 saturated carbocycles. The zero-order valence-electron chi connectivity index (χ0n) is 11.8. The lowest BCUT2D eigenvalue weighted by Crippen LogP contribution is -2.35. The van der Waals surface area contributed by atoms with Crippen LogP contribution in [0.15, 0.2) is 48.8 Å². The predicted octanol–water partition coefficient (Wildman–Crippen LogP) is 2.05. The maximum Gasteiger partial charge on any atom is 0.244 e. The number of aromatic nitrogens is 1. The average Bonchev–Trinajstić information content (AvgIpc) is 2.47. The maximum absolute atomic E-state index is 12.3. The van der Waals surface area contributed by atoms with E-state index in [1.165, 1.54) is 0 Å². The summed E-state index contributed by atoms with van der Waals surface area (Å²) in [5.74, 6) is -0.0920. The zero-order valence-corrected chi connectivity index (χ0v) is 11.8. The summed E-state index contributed by atoms with van der Waals surface area (Å²) in [4.78, 5) is 17.9. The molecule has 20 heavy (non-hydrogen) atoms. The highest BCUT2D eigenvalue weighted by Gasteiger charge is 2.19. The highest BCUT2D eigenvalue weighted by atomic mass is 16.2. The SMILES string of the molecule is Cc1ccc(C(N)C(=O)N(C)Cc2ccncc2)cc1. The minimum absolute atomic E-state index is 0.0920. The molecule has 1 amide bonds. The number of carbonyl (C=O) groups is 1. The van der Waals surface area contributed by atoms with Crippen LogP contribution in [-0.4, -0.2) is 22.8 Å². The number of nitrogens with zero attached hydrogens (tertiary/aromatic N) is 2. The van der Waals surface area contributed by atoms with Gasteiger partial charge in [0.1, 0.15) is 6.04 Å². The number of pyridine rings is 1. The van der Waals surface area contributed by atoms with Gasteiger partial charge in [-0.1, -0.05) is 29.8 Å². The zero-order chi connectivity index (χ0) is 14.5. The van der Waals surface area contributed by atoms with Crippen LogP contribution in [-0.2, 0) is 11.3 Å². The van der Waals surface area contributed by atoms with Crippen molar-refractivity contribution >= 4 is 5.91 Å². The Morgan fingerprint density at radius 1 is 1.20 bits per heavy atom. The summed E-state index contributed by atoms with van der Waals surface area (Å²) in [6.45, 7) is 2.54. The number of hydrogen-bond acceptors (Lipinski definition) is 3. The van der Waals surface area contributed by atoms with Crippen molar-refractivity contribution in [2.75, 3.05) is 7.05 Å². The number of amides is 1. The Labute approximate surface area is 119 Å². The van der Waals surface area contributed by atoms with Crippen molar-refractivity contribution in [1.29, 1.82) is 0 Å². The second-order valence-corrected chi connectivity index (χ2v) is 4.94. The highest BCUT2D eigenvalue weighted by Crippen LogP contribution is 2.15. The number of aryl methyl sites for hydroxylation is 1. The lowest BCUT2D eigenvalue weighted by Gasteiger charge is -2.21. The normalized spacial score (nSPS) is 11.9. The summed E-state index contributed by atoms with van der Waals surface area (Å²) in [5.41, 5.74) is 9.06. The van der Waals surface area contributed by atoms with Gasteiger partial charge < -0.3 is 10.6 Å². The Kier molecular flexibility index (Phi) is 4.48. The molecule has 0 spiro atoms. The molecule has 0 bridgehead atoms. The van der Waals surface area contributed by atoms with E-state index in [4.69, 9.17) is 5.73 Å².